The topological polar surface area (TPSA) is 123 Å². The maximum atomic E-state index is 12.0. The number of amides is 1. The van der Waals surface area contributed by atoms with Crippen molar-refractivity contribution in [3.05, 3.63) is 57.6 Å². The number of carbonyl (C=O) groups is 1. The third-order valence-electron chi connectivity index (χ3n) is 3.20. The van der Waals surface area contributed by atoms with E-state index in [9.17, 15) is 20.0 Å². The molecule has 0 radical (unpaired) electrons. The minimum Gasteiger partial charge on any atom is -0.502 e. The highest BCUT2D eigenvalue weighted by molar-refractivity contribution is 5.95. The van der Waals surface area contributed by atoms with Crippen LogP contribution in [0.5, 0.6) is 17.2 Å². The van der Waals surface area contributed by atoms with Crippen LogP contribution < -0.4 is 14.9 Å². The summed E-state index contributed by atoms with van der Waals surface area (Å²) in [5, 5.41) is 24.3. The second-order valence-electron chi connectivity index (χ2n) is 4.78. The van der Waals surface area contributed by atoms with Gasteiger partial charge in [0.05, 0.1) is 25.4 Å². The average molecular weight is 345 g/mol. The molecule has 2 N–H and O–H groups in total. The van der Waals surface area contributed by atoms with E-state index in [0.29, 0.717) is 5.56 Å². The average Bonchev–Trinajstić information content (AvgIpc) is 2.62. The van der Waals surface area contributed by atoms with Gasteiger partial charge in [-0.3, -0.25) is 14.9 Å². The summed E-state index contributed by atoms with van der Waals surface area (Å²) in [4.78, 5) is 22.1. The number of aromatic hydroxyl groups is 1. The number of hydrazone groups is 1. The van der Waals surface area contributed by atoms with Crippen molar-refractivity contribution in [3.8, 4) is 17.2 Å². The molecule has 2 rings (SSSR count). The summed E-state index contributed by atoms with van der Waals surface area (Å²) in [6, 6.07) is 8.28. The second kappa shape index (κ2) is 7.77. The molecule has 2 aromatic rings. The Kier molecular flexibility index (Phi) is 5.51. The molecule has 0 atom stereocenters. The van der Waals surface area contributed by atoms with Crippen LogP contribution in [0.25, 0.3) is 0 Å². The third kappa shape index (κ3) is 4.22. The Balaban J connectivity index is 2.14. The molecule has 9 heteroatoms. The largest absolute Gasteiger partial charge is 0.502 e. The summed E-state index contributed by atoms with van der Waals surface area (Å²) in [6.07, 6.45) is 1.32. The normalized spacial score (nSPS) is 10.5. The lowest BCUT2D eigenvalue weighted by Crippen LogP contribution is -2.17. The predicted octanol–water partition coefficient (Wildman–Crippen LogP) is 2.08. The van der Waals surface area contributed by atoms with Gasteiger partial charge in [0, 0.05) is 23.3 Å². The fourth-order valence-electron chi connectivity index (χ4n) is 1.98. The van der Waals surface area contributed by atoms with Crippen molar-refractivity contribution in [2.45, 2.75) is 0 Å². The van der Waals surface area contributed by atoms with Crippen LogP contribution in [-0.4, -0.2) is 36.4 Å². The van der Waals surface area contributed by atoms with Crippen LogP contribution in [0.15, 0.2) is 41.5 Å². The Morgan fingerprint density at radius 1 is 1.24 bits per heavy atom. The maximum absolute atomic E-state index is 12.0. The zero-order valence-corrected chi connectivity index (χ0v) is 13.4. The van der Waals surface area contributed by atoms with E-state index in [1.807, 2.05) is 0 Å². The molecule has 1 amide bonds. The molecule has 0 saturated heterocycles. The summed E-state index contributed by atoms with van der Waals surface area (Å²) in [7, 11) is 2.78. The van der Waals surface area contributed by atoms with Gasteiger partial charge in [-0.2, -0.15) is 5.10 Å². The van der Waals surface area contributed by atoms with Gasteiger partial charge in [-0.05, 0) is 18.2 Å². The fourth-order valence-corrected chi connectivity index (χ4v) is 1.98. The minimum atomic E-state index is -0.599. The fraction of sp³-hybridized carbons (Fsp3) is 0.125. The van der Waals surface area contributed by atoms with Crippen molar-refractivity contribution in [3.63, 3.8) is 0 Å². The van der Waals surface area contributed by atoms with Gasteiger partial charge in [0.1, 0.15) is 0 Å². The van der Waals surface area contributed by atoms with E-state index in [4.69, 9.17) is 9.47 Å². The lowest BCUT2D eigenvalue weighted by molar-refractivity contribution is -0.384. The van der Waals surface area contributed by atoms with E-state index in [1.54, 1.807) is 0 Å². The first-order chi connectivity index (χ1) is 12.0. The Morgan fingerprint density at radius 3 is 2.44 bits per heavy atom. The Labute approximate surface area is 142 Å². The van der Waals surface area contributed by atoms with Crippen LogP contribution in [0.4, 0.5) is 5.69 Å². The number of hydrogen-bond acceptors (Lipinski definition) is 7. The number of nitro benzene ring substituents is 1. The van der Waals surface area contributed by atoms with E-state index in [0.717, 1.165) is 6.07 Å². The monoisotopic (exact) mass is 345 g/mol. The van der Waals surface area contributed by atoms with Crippen molar-refractivity contribution in [2.24, 2.45) is 5.10 Å². The molecular formula is C16H15N3O6. The standard InChI is InChI=1S/C16H15N3O6/c1-24-13-6-10(7-14(25-2)15(13)20)9-17-18-16(21)11-4-3-5-12(8-11)19(22)23/h3-9,20H,1-2H3,(H,18,21)/b17-9+. The van der Waals surface area contributed by atoms with Crippen LogP contribution in [0, 0.1) is 10.1 Å². The highest BCUT2D eigenvalue weighted by Crippen LogP contribution is 2.36. The summed E-state index contributed by atoms with van der Waals surface area (Å²) >= 11 is 0. The molecular weight excluding hydrogens is 330 g/mol. The number of methoxy groups -OCH3 is 2. The van der Waals surface area contributed by atoms with Crippen molar-refractivity contribution >= 4 is 17.8 Å². The summed E-state index contributed by atoms with van der Waals surface area (Å²) in [6.45, 7) is 0. The zero-order valence-electron chi connectivity index (χ0n) is 13.4. The van der Waals surface area contributed by atoms with Crippen LogP contribution in [-0.2, 0) is 0 Å². The number of rotatable bonds is 6. The molecule has 2 aromatic carbocycles. The Hall–Kier alpha value is -3.62. The Bertz CT molecular complexity index is 809. The molecule has 0 fully saturated rings. The van der Waals surface area contributed by atoms with Gasteiger partial charge < -0.3 is 14.6 Å². The van der Waals surface area contributed by atoms with Crippen molar-refractivity contribution < 1.29 is 24.3 Å². The maximum Gasteiger partial charge on any atom is 0.271 e. The van der Waals surface area contributed by atoms with Crippen LogP contribution in [0.2, 0.25) is 0 Å². The molecule has 25 heavy (non-hydrogen) atoms. The van der Waals surface area contributed by atoms with Crippen molar-refractivity contribution in [2.75, 3.05) is 14.2 Å². The molecule has 0 aliphatic rings. The molecule has 0 aliphatic carbocycles. The van der Waals surface area contributed by atoms with Crippen molar-refractivity contribution in [1.82, 2.24) is 5.43 Å². The number of carbonyl (C=O) groups excluding carboxylic acids is 1. The number of ether oxygens (including phenoxy) is 2. The number of nitrogens with one attached hydrogen (secondary N) is 1. The van der Waals surface area contributed by atoms with E-state index in [1.165, 1.54) is 50.8 Å². The van der Waals surface area contributed by atoms with E-state index < -0.39 is 10.8 Å². The van der Waals surface area contributed by atoms with Gasteiger partial charge in [-0.1, -0.05) is 6.07 Å². The van der Waals surface area contributed by atoms with Gasteiger partial charge in [-0.25, -0.2) is 5.43 Å². The smallest absolute Gasteiger partial charge is 0.271 e. The molecule has 130 valence electrons. The number of non-ortho nitro benzene ring substituents is 1. The number of nitrogens with zero attached hydrogens (tertiary/aromatic N) is 2. The molecule has 0 aliphatic heterocycles. The molecule has 0 aromatic heterocycles. The third-order valence-corrected chi connectivity index (χ3v) is 3.20. The number of nitro groups is 1. The van der Waals surface area contributed by atoms with Gasteiger partial charge in [0.15, 0.2) is 11.5 Å². The van der Waals surface area contributed by atoms with Crippen LogP contribution in [0.1, 0.15) is 15.9 Å². The molecule has 0 saturated carbocycles. The van der Waals surface area contributed by atoms with Gasteiger partial charge in [-0.15, -0.1) is 0 Å². The van der Waals surface area contributed by atoms with Gasteiger partial charge in [0.25, 0.3) is 11.6 Å². The van der Waals surface area contributed by atoms with Crippen LogP contribution >= 0.6 is 0 Å². The Morgan fingerprint density at radius 2 is 1.88 bits per heavy atom. The molecule has 0 bridgehead atoms. The minimum absolute atomic E-state index is 0.104. The SMILES string of the molecule is COc1cc(/C=N/NC(=O)c2cccc([N+](=O)[O-])c2)cc(OC)c1O. The predicted molar refractivity (Wildman–Crippen MR) is 89.4 cm³/mol. The quantitative estimate of drug-likeness (QED) is 0.469. The number of hydrogen-bond donors (Lipinski definition) is 2. The van der Waals surface area contributed by atoms with Gasteiger partial charge >= 0.3 is 0 Å². The van der Waals surface area contributed by atoms with E-state index in [2.05, 4.69) is 10.5 Å². The number of phenols is 1. The first kappa shape index (κ1) is 17.7. The summed E-state index contributed by atoms with van der Waals surface area (Å²) < 4.78 is 10.0. The lowest BCUT2D eigenvalue weighted by atomic mass is 10.2. The number of phenolic OH excluding ortho intramolecular Hbond substituents is 1. The molecule has 0 unspecified atom stereocenters. The first-order valence-corrected chi connectivity index (χ1v) is 6.99. The summed E-state index contributed by atoms with van der Waals surface area (Å²) in [5.41, 5.74) is 2.69. The van der Waals surface area contributed by atoms with Crippen LogP contribution in [0.3, 0.4) is 0 Å². The van der Waals surface area contributed by atoms with Crippen molar-refractivity contribution in [1.29, 1.82) is 0 Å². The highest BCUT2D eigenvalue weighted by Gasteiger charge is 2.12. The van der Waals surface area contributed by atoms with E-state index in [-0.39, 0.29) is 28.5 Å². The van der Waals surface area contributed by atoms with Gasteiger partial charge in [0.2, 0.25) is 5.75 Å². The molecule has 0 spiro atoms. The second-order valence-corrected chi connectivity index (χ2v) is 4.78. The lowest BCUT2D eigenvalue weighted by Gasteiger charge is -2.09. The highest BCUT2D eigenvalue weighted by atomic mass is 16.6. The molecule has 0 heterocycles. The zero-order chi connectivity index (χ0) is 18.4. The number of benzene rings is 2. The summed E-state index contributed by atoms with van der Waals surface area (Å²) in [5.74, 6) is -0.378. The molecule has 9 nitrogen and oxygen atoms in total. The van der Waals surface area contributed by atoms with E-state index >= 15 is 0 Å². The first-order valence-electron chi connectivity index (χ1n) is 6.99.